The number of nitrogens with zero attached hydrogens (tertiary/aromatic N) is 3. The van der Waals surface area contributed by atoms with E-state index in [0.29, 0.717) is 11.7 Å². The fourth-order valence-corrected chi connectivity index (χ4v) is 9.64. The van der Waals surface area contributed by atoms with Gasteiger partial charge in [0.1, 0.15) is 5.58 Å². The fraction of sp³-hybridized carbons (Fsp3) is 0. The Bertz CT molecular complexity index is 3440. The van der Waals surface area contributed by atoms with Gasteiger partial charge in [-0.2, -0.15) is 4.98 Å². The number of fused-ring (bicyclic) bond motifs is 16. The molecule has 4 nitrogen and oxygen atoms in total. The van der Waals surface area contributed by atoms with Crippen LogP contribution >= 0.6 is 11.3 Å². The van der Waals surface area contributed by atoms with Gasteiger partial charge in [-0.3, -0.25) is 4.57 Å². The second-order valence-corrected chi connectivity index (χ2v) is 14.4. The lowest BCUT2D eigenvalue weighted by Gasteiger charge is -2.12. The van der Waals surface area contributed by atoms with Gasteiger partial charge in [0.15, 0.2) is 0 Å². The Morgan fingerprint density at radius 1 is 0.490 bits per heavy atom. The van der Waals surface area contributed by atoms with Crippen molar-refractivity contribution in [3.63, 3.8) is 0 Å². The molecule has 0 saturated carbocycles. The number of para-hydroxylation sites is 1. The molecule has 12 rings (SSSR count). The van der Waals surface area contributed by atoms with Crippen molar-refractivity contribution < 1.29 is 4.42 Å². The normalized spacial score (nSPS) is 12.3. The SMILES string of the molecule is c1ccc2cc(-c3nc(-n4c5ccccc5c5c6sc7ccccc7c6c6ccccc6c54)nc4oc5c6ccccc6ccc5c34)ccc2c1. The van der Waals surface area contributed by atoms with E-state index in [1.54, 1.807) is 0 Å². The molecule has 0 bridgehead atoms. The zero-order valence-corrected chi connectivity index (χ0v) is 27.9. The van der Waals surface area contributed by atoms with Crippen LogP contribution in [0.3, 0.4) is 0 Å². The minimum Gasteiger partial charge on any atom is -0.437 e. The van der Waals surface area contributed by atoms with Crippen molar-refractivity contribution in [2.75, 3.05) is 0 Å². The van der Waals surface area contributed by atoms with Gasteiger partial charge in [0.25, 0.3) is 0 Å². The van der Waals surface area contributed by atoms with Crippen LogP contribution in [0.1, 0.15) is 0 Å². The summed E-state index contributed by atoms with van der Waals surface area (Å²) in [6, 6.07) is 54.0. The van der Waals surface area contributed by atoms with E-state index in [1.165, 1.54) is 47.1 Å². The van der Waals surface area contributed by atoms with E-state index in [4.69, 9.17) is 14.4 Å². The highest BCUT2D eigenvalue weighted by atomic mass is 32.1. The first kappa shape index (κ1) is 27.3. The molecule has 0 atom stereocenters. The summed E-state index contributed by atoms with van der Waals surface area (Å²) in [5, 5.41) is 13.9. The Balaban J connectivity index is 1.28. The van der Waals surface area contributed by atoms with E-state index in [9.17, 15) is 0 Å². The van der Waals surface area contributed by atoms with Crippen molar-refractivity contribution in [3.05, 3.63) is 152 Å². The quantitative estimate of drug-likeness (QED) is 0.184. The zero-order valence-electron chi connectivity index (χ0n) is 27.1. The number of thiophene rings is 1. The second kappa shape index (κ2) is 10.0. The van der Waals surface area contributed by atoms with Crippen LogP contribution in [0, 0.1) is 0 Å². The molecule has 0 fully saturated rings. The summed E-state index contributed by atoms with van der Waals surface area (Å²) in [5.41, 5.74) is 5.46. The van der Waals surface area contributed by atoms with Crippen molar-refractivity contribution in [1.82, 2.24) is 14.5 Å². The molecule has 5 heteroatoms. The van der Waals surface area contributed by atoms with Crippen molar-refractivity contribution in [3.8, 4) is 17.2 Å². The monoisotopic (exact) mass is 667 g/mol. The Morgan fingerprint density at radius 3 is 2.06 bits per heavy atom. The molecule has 0 radical (unpaired) electrons. The van der Waals surface area contributed by atoms with Crippen LogP contribution in [-0.2, 0) is 0 Å². The van der Waals surface area contributed by atoms with Gasteiger partial charge in [-0.15, -0.1) is 11.3 Å². The van der Waals surface area contributed by atoms with Crippen molar-refractivity contribution in [1.29, 1.82) is 0 Å². The average Bonchev–Trinajstić information content (AvgIpc) is 3.87. The Kier molecular flexibility index (Phi) is 5.35. The molecule has 236 valence electrons. The van der Waals surface area contributed by atoms with Crippen LogP contribution in [0.15, 0.2) is 156 Å². The predicted molar refractivity (Wildman–Crippen MR) is 214 cm³/mol. The summed E-state index contributed by atoms with van der Waals surface area (Å²) >= 11 is 1.86. The lowest BCUT2D eigenvalue weighted by molar-refractivity contribution is 0.655. The molecule has 0 aliphatic rings. The van der Waals surface area contributed by atoms with Crippen LogP contribution in [0.4, 0.5) is 0 Å². The number of hydrogen-bond acceptors (Lipinski definition) is 4. The standard InChI is InChI=1S/C46H25N3OS/c1-2-13-28-25-29(22-21-26(28)11-1)41-39-35-24-23-27-12-3-4-14-30(27)43(35)50-45(39)48-46(47-41)49-36-19-9-7-17-33(36)40-42(49)32-16-6-5-15-31(32)38-34-18-8-10-20-37(34)51-44(38)40/h1-25H. The van der Waals surface area contributed by atoms with E-state index in [-0.39, 0.29) is 0 Å². The minimum absolute atomic E-state index is 0.577. The first-order chi connectivity index (χ1) is 25.3. The molecule has 0 aliphatic heterocycles. The lowest BCUT2D eigenvalue weighted by atomic mass is 10.00. The van der Waals surface area contributed by atoms with Gasteiger partial charge < -0.3 is 4.42 Å². The number of benzene rings is 8. The summed E-state index contributed by atoms with van der Waals surface area (Å²) in [4.78, 5) is 10.9. The summed E-state index contributed by atoms with van der Waals surface area (Å²) in [7, 11) is 0. The van der Waals surface area contributed by atoms with Crippen molar-refractivity contribution >= 4 is 108 Å². The maximum absolute atomic E-state index is 6.81. The Hall–Kier alpha value is -6.56. The zero-order chi connectivity index (χ0) is 33.2. The molecule has 0 saturated heterocycles. The van der Waals surface area contributed by atoms with Crippen LogP contribution in [-0.4, -0.2) is 14.5 Å². The largest absolute Gasteiger partial charge is 0.437 e. The first-order valence-electron chi connectivity index (χ1n) is 17.2. The molecule has 0 aliphatic carbocycles. The maximum Gasteiger partial charge on any atom is 0.238 e. The summed E-state index contributed by atoms with van der Waals surface area (Å²) < 4.78 is 11.7. The molecule has 4 aromatic heterocycles. The highest BCUT2D eigenvalue weighted by molar-refractivity contribution is 7.27. The van der Waals surface area contributed by atoms with Gasteiger partial charge >= 0.3 is 0 Å². The van der Waals surface area contributed by atoms with E-state index in [1.807, 2.05) is 11.3 Å². The highest BCUT2D eigenvalue weighted by Crippen LogP contribution is 2.48. The number of furan rings is 1. The number of rotatable bonds is 2. The molecule has 0 N–H and O–H groups in total. The van der Waals surface area contributed by atoms with E-state index >= 15 is 0 Å². The molecule has 4 heterocycles. The second-order valence-electron chi connectivity index (χ2n) is 13.3. The smallest absolute Gasteiger partial charge is 0.238 e. The molecular formula is C46H25N3OS. The minimum atomic E-state index is 0.577. The van der Waals surface area contributed by atoms with Gasteiger partial charge in [-0.1, -0.05) is 127 Å². The van der Waals surface area contributed by atoms with Gasteiger partial charge in [-0.05, 0) is 45.8 Å². The molecule has 0 unspecified atom stereocenters. The molecule has 51 heavy (non-hydrogen) atoms. The highest BCUT2D eigenvalue weighted by Gasteiger charge is 2.25. The van der Waals surface area contributed by atoms with Crippen LogP contribution in [0.2, 0.25) is 0 Å². The Labute approximate surface area is 294 Å². The van der Waals surface area contributed by atoms with Crippen LogP contribution < -0.4 is 0 Å². The van der Waals surface area contributed by atoms with Crippen molar-refractivity contribution in [2.24, 2.45) is 0 Å². The molecule has 8 aromatic carbocycles. The fourth-order valence-electron chi connectivity index (χ4n) is 8.37. The van der Waals surface area contributed by atoms with Gasteiger partial charge in [-0.25, -0.2) is 4.98 Å². The summed E-state index contributed by atoms with van der Waals surface area (Å²) in [6.07, 6.45) is 0. The lowest BCUT2D eigenvalue weighted by Crippen LogP contribution is -2.03. The molecule has 12 aromatic rings. The predicted octanol–water partition coefficient (Wildman–Crippen LogP) is 13.0. The Morgan fingerprint density at radius 2 is 1.18 bits per heavy atom. The van der Waals surface area contributed by atoms with Crippen molar-refractivity contribution in [2.45, 2.75) is 0 Å². The molecular weight excluding hydrogens is 643 g/mol. The van der Waals surface area contributed by atoms with Gasteiger partial charge in [0.05, 0.1) is 22.1 Å². The van der Waals surface area contributed by atoms with E-state index < -0.39 is 0 Å². The molecule has 0 amide bonds. The van der Waals surface area contributed by atoms with E-state index in [2.05, 4.69) is 156 Å². The third-order valence-electron chi connectivity index (χ3n) is 10.6. The number of hydrogen-bond donors (Lipinski definition) is 0. The van der Waals surface area contributed by atoms with Gasteiger partial charge in [0, 0.05) is 52.7 Å². The van der Waals surface area contributed by atoms with E-state index in [0.717, 1.165) is 54.8 Å². The van der Waals surface area contributed by atoms with Crippen LogP contribution in [0.25, 0.3) is 114 Å². The summed E-state index contributed by atoms with van der Waals surface area (Å²) in [5.74, 6) is 0.589. The maximum atomic E-state index is 6.81. The topological polar surface area (TPSA) is 43.9 Å². The third kappa shape index (κ3) is 3.68. The first-order valence-corrected chi connectivity index (χ1v) is 18.0. The average molecular weight is 668 g/mol. The number of aromatic nitrogens is 3. The van der Waals surface area contributed by atoms with Crippen LogP contribution in [0.5, 0.6) is 0 Å². The third-order valence-corrected chi connectivity index (χ3v) is 11.8. The summed E-state index contributed by atoms with van der Waals surface area (Å²) in [6.45, 7) is 0. The van der Waals surface area contributed by atoms with Gasteiger partial charge in [0.2, 0.25) is 11.7 Å². The molecule has 0 spiro atoms.